The van der Waals surface area contributed by atoms with Gasteiger partial charge in [-0.1, -0.05) is 44.4 Å². The number of para-hydroxylation sites is 1. The maximum atomic E-state index is 11.1. The Labute approximate surface area is 120 Å². The highest BCUT2D eigenvalue weighted by Crippen LogP contribution is 2.30. The molecule has 3 atom stereocenters. The molecule has 1 aromatic carbocycles. The molecule has 1 fully saturated rings. The topological polar surface area (TPSA) is 55.2 Å². The summed E-state index contributed by atoms with van der Waals surface area (Å²) >= 11 is 0. The Morgan fingerprint density at radius 1 is 1.35 bits per heavy atom. The molecule has 1 aliphatic carbocycles. The van der Waals surface area contributed by atoms with Crippen LogP contribution >= 0.6 is 0 Å². The Bertz CT molecular complexity index is 462. The van der Waals surface area contributed by atoms with E-state index in [1.165, 1.54) is 32.1 Å². The van der Waals surface area contributed by atoms with Gasteiger partial charge in [0.2, 0.25) is 0 Å². The van der Waals surface area contributed by atoms with Crippen molar-refractivity contribution >= 4 is 5.69 Å². The van der Waals surface area contributed by atoms with Crippen molar-refractivity contribution in [3.8, 4) is 0 Å². The number of nitrogens with zero attached hydrogens (tertiary/aromatic N) is 1. The molecule has 2 rings (SSSR count). The average molecular weight is 276 g/mol. The second kappa shape index (κ2) is 6.84. The minimum Gasteiger partial charge on any atom is -0.307 e. The number of hydrogen-bond donors (Lipinski definition) is 1. The zero-order chi connectivity index (χ0) is 14.5. The van der Waals surface area contributed by atoms with Crippen LogP contribution in [-0.2, 0) is 0 Å². The Morgan fingerprint density at radius 2 is 2.05 bits per heavy atom. The molecule has 0 bridgehead atoms. The van der Waals surface area contributed by atoms with Gasteiger partial charge in [0.25, 0.3) is 5.69 Å². The predicted octanol–water partition coefficient (Wildman–Crippen LogP) is 4.21. The van der Waals surface area contributed by atoms with Crippen molar-refractivity contribution in [2.24, 2.45) is 5.92 Å². The van der Waals surface area contributed by atoms with Crippen LogP contribution in [0.4, 0.5) is 5.69 Å². The second-order valence-electron chi connectivity index (χ2n) is 5.76. The monoisotopic (exact) mass is 276 g/mol. The van der Waals surface area contributed by atoms with E-state index in [1.807, 2.05) is 19.1 Å². The van der Waals surface area contributed by atoms with E-state index in [2.05, 4.69) is 12.2 Å². The molecule has 4 heteroatoms. The van der Waals surface area contributed by atoms with Gasteiger partial charge in [0.1, 0.15) is 0 Å². The molecule has 0 saturated heterocycles. The van der Waals surface area contributed by atoms with Gasteiger partial charge in [0.05, 0.1) is 4.92 Å². The van der Waals surface area contributed by atoms with Crippen molar-refractivity contribution in [3.63, 3.8) is 0 Å². The highest BCUT2D eigenvalue weighted by Gasteiger charge is 2.27. The van der Waals surface area contributed by atoms with E-state index in [0.29, 0.717) is 12.0 Å². The number of hydrogen-bond acceptors (Lipinski definition) is 3. The quantitative estimate of drug-likeness (QED) is 0.647. The summed E-state index contributed by atoms with van der Waals surface area (Å²) in [5, 5.41) is 14.7. The maximum Gasteiger partial charge on any atom is 0.274 e. The number of rotatable bonds is 5. The van der Waals surface area contributed by atoms with Crippen LogP contribution in [0.5, 0.6) is 0 Å². The Balaban J connectivity index is 2.11. The van der Waals surface area contributed by atoms with Crippen LogP contribution < -0.4 is 5.32 Å². The van der Waals surface area contributed by atoms with Gasteiger partial charge in [0.15, 0.2) is 0 Å². The molecular formula is C16H24N2O2. The first-order valence-corrected chi connectivity index (χ1v) is 7.62. The average Bonchev–Trinajstić information content (AvgIpc) is 2.47. The molecule has 1 saturated carbocycles. The zero-order valence-corrected chi connectivity index (χ0v) is 12.3. The molecule has 0 amide bonds. The predicted molar refractivity (Wildman–Crippen MR) is 80.7 cm³/mol. The molecule has 0 radical (unpaired) electrons. The van der Waals surface area contributed by atoms with Crippen LogP contribution in [0.3, 0.4) is 0 Å². The van der Waals surface area contributed by atoms with Crippen molar-refractivity contribution in [2.75, 3.05) is 0 Å². The third kappa shape index (κ3) is 3.37. The van der Waals surface area contributed by atoms with Gasteiger partial charge in [-0.2, -0.15) is 0 Å². The van der Waals surface area contributed by atoms with E-state index in [9.17, 15) is 10.1 Å². The van der Waals surface area contributed by atoms with Gasteiger partial charge in [-0.05, 0) is 25.7 Å². The van der Waals surface area contributed by atoms with E-state index >= 15 is 0 Å². The fourth-order valence-electron chi connectivity index (χ4n) is 3.35. The molecular weight excluding hydrogens is 252 g/mol. The summed E-state index contributed by atoms with van der Waals surface area (Å²) in [6, 6.07) is 7.56. The highest BCUT2D eigenvalue weighted by atomic mass is 16.6. The SMILES string of the molecule is CCC1CCCCC1NC(C)c1ccccc1[N+](=O)[O-]. The van der Waals surface area contributed by atoms with E-state index in [-0.39, 0.29) is 16.7 Å². The van der Waals surface area contributed by atoms with E-state index in [1.54, 1.807) is 12.1 Å². The van der Waals surface area contributed by atoms with E-state index < -0.39 is 0 Å². The summed E-state index contributed by atoms with van der Waals surface area (Å²) in [5.41, 5.74) is 1.01. The van der Waals surface area contributed by atoms with E-state index in [4.69, 9.17) is 0 Å². The lowest BCUT2D eigenvalue weighted by molar-refractivity contribution is -0.385. The van der Waals surface area contributed by atoms with Crippen molar-refractivity contribution in [1.29, 1.82) is 0 Å². The molecule has 1 aromatic rings. The molecule has 1 N–H and O–H groups in total. The van der Waals surface area contributed by atoms with Gasteiger partial charge >= 0.3 is 0 Å². The summed E-state index contributed by atoms with van der Waals surface area (Å²) in [6.07, 6.45) is 6.22. The lowest BCUT2D eigenvalue weighted by atomic mass is 9.82. The van der Waals surface area contributed by atoms with Gasteiger partial charge < -0.3 is 5.32 Å². The maximum absolute atomic E-state index is 11.1. The largest absolute Gasteiger partial charge is 0.307 e. The molecule has 0 aromatic heterocycles. The highest BCUT2D eigenvalue weighted by molar-refractivity contribution is 5.41. The summed E-state index contributed by atoms with van der Waals surface area (Å²) in [7, 11) is 0. The molecule has 0 aliphatic heterocycles. The van der Waals surface area contributed by atoms with Crippen LogP contribution in [0, 0.1) is 16.0 Å². The van der Waals surface area contributed by atoms with E-state index in [0.717, 1.165) is 5.56 Å². The van der Waals surface area contributed by atoms with Crippen LogP contribution in [-0.4, -0.2) is 11.0 Å². The lowest BCUT2D eigenvalue weighted by Crippen LogP contribution is -2.39. The van der Waals surface area contributed by atoms with Crippen molar-refractivity contribution < 1.29 is 4.92 Å². The summed E-state index contributed by atoms with van der Waals surface area (Å²) < 4.78 is 0. The summed E-state index contributed by atoms with van der Waals surface area (Å²) in [4.78, 5) is 10.8. The molecule has 110 valence electrons. The van der Waals surface area contributed by atoms with Gasteiger partial charge in [-0.3, -0.25) is 10.1 Å². The van der Waals surface area contributed by atoms with Crippen LogP contribution in [0.1, 0.15) is 57.6 Å². The first-order valence-electron chi connectivity index (χ1n) is 7.62. The summed E-state index contributed by atoms with van der Waals surface area (Å²) in [5.74, 6) is 0.703. The number of nitro benzene ring substituents is 1. The molecule has 4 nitrogen and oxygen atoms in total. The van der Waals surface area contributed by atoms with Crippen LogP contribution in [0.25, 0.3) is 0 Å². The number of nitro groups is 1. The first kappa shape index (κ1) is 15.0. The third-order valence-electron chi connectivity index (χ3n) is 4.50. The van der Waals surface area contributed by atoms with Gasteiger partial charge in [0, 0.05) is 23.7 Å². The Kier molecular flexibility index (Phi) is 5.12. The first-order chi connectivity index (χ1) is 9.63. The molecule has 0 heterocycles. The van der Waals surface area contributed by atoms with Crippen molar-refractivity contribution in [3.05, 3.63) is 39.9 Å². The molecule has 0 spiro atoms. The molecule has 1 aliphatic rings. The third-order valence-corrected chi connectivity index (χ3v) is 4.50. The Morgan fingerprint density at radius 3 is 2.75 bits per heavy atom. The molecule has 20 heavy (non-hydrogen) atoms. The smallest absolute Gasteiger partial charge is 0.274 e. The lowest BCUT2D eigenvalue weighted by Gasteiger charge is -2.34. The minimum absolute atomic E-state index is 0.0220. The minimum atomic E-state index is -0.286. The summed E-state index contributed by atoms with van der Waals surface area (Å²) in [6.45, 7) is 4.27. The van der Waals surface area contributed by atoms with Gasteiger partial charge in [-0.15, -0.1) is 0 Å². The van der Waals surface area contributed by atoms with Crippen molar-refractivity contribution in [2.45, 2.75) is 58.0 Å². The second-order valence-corrected chi connectivity index (χ2v) is 5.76. The molecule has 3 unspecified atom stereocenters. The Hall–Kier alpha value is -1.42. The number of benzene rings is 1. The van der Waals surface area contributed by atoms with Crippen molar-refractivity contribution in [1.82, 2.24) is 5.32 Å². The fourth-order valence-corrected chi connectivity index (χ4v) is 3.35. The zero-order valence-electron chi connectivity index (χ0n) is 12.3. The standard InChI is InChI=1S/C16H24N2O2/c1-3-13-8-4-6-10-15(13)17-12(2)14-9-5-7-11-16(14)18(19)20/h5,7,9,11-13,15,17H,3-4,6,8,10H2,1-2H3. The number of nitrogens with one attached hydrogen (secondary N) is 1. The normalized spacial score (nSPS) is 24.3. The van der Waals surface area contributed by atoms with Crippen LogP contribution in [0.15, 0.2) is 24.3 Å². The van der Waals surface area contributed by atoms with Gasteiger partial charge in [-0.25, -0.2) is 0 Å². The fraction of sp³-hybridized carbons (Fsp3) is 0.625. The van der Waals surface area contributed by atoms with Crippen LogP contribution in [0.2, 0.25) is 0 Å².